The maximum absolute atomic E-state index is 12.4. The summed E-state index contributed by atoms with van der Waals surface area (Å²) in [6, 6.07) is 12.6. The zero-order valence-electron chi connectivity index (χ0n) is 16.0. The Balaban J connectivity index is 2.12. The first-order valence-electron chi connectivity index (χ1n) is 8.56. The van der Waals surface area contributed by atoms with Crippen LogP contribution < -0.4 is 9.47 Å². The minimum Gasteiger partial charge on any atom is -0.493 e. The van der Waals surface area contributed by atoms with Gasteiger partial charge in [-0.3, -0.25) is 4.79 Å². The molecule has 0 aliphatic rings. The van der Waals surface area contributed by atoms with Crippen LogP contribution in [-0.2, 0) is 10.2 Å². The van der Waals surface area contributed by atoms with Crippen LogP contribution in [0.1, 0.15) is 42.3 Å². The van der Waals surface area contributed by atoms with Gasteiger partial charge in [-0.25, -0.2) is 4.79 Å². The molecule has 2 aromatic carbocycles. The summed E-state index contributed by atoms with van der Waals surface area (Å²) in [5.74, 6) is -0.425. The van der Waals surface area contributed by atoms with E-state index in [2.05, 4.69) is 20.8 Å². The van der Waals surface area contributed by atoms with Crippen molar-refractivity contribution in [3.8, 4) is 11.5 Å². The highest BCUT2D eigenvalue weighted by Gasteiger charge is 2.13. The molecule has 27 heavy (non-hydrogen) atoms. The predicted octanol–water partition coefficient (Wildman–Crippen LogP) is 4.35. The third-order valence-corrected chi connectivity index (χ3v) is 4.00. The van der Waals surface area contributed by atoms with E-state index >= 15 is 0 Å². The molecule has 2 rings (SSSR count). The molecule has 0 aliphatic carbocycles. The van der Waals surface area contributed by atoms with Crippen LogP contribution in [0.4, 0.5) is 0 Å². The highest BCUT2D eigenvalue weighted by atomic mass is 16.5. The summed E-state index contributed by atoms with van der Waals surface area (Å²) in [7, 11) is 1.47. The van der Waals surface area contributed by atoms with Gasteiger partial charge in [0.25, 0.3) is 0 Å². The zero-order chi connectivity index (χ0) is 20.0. The van der Waals surface area contributed by atoms with Crippen LogP contribution in [0.3, 0.4) is 0 Å². The topological polar surface area (TPSA) is 72.8 Å². The second-order valence-electron chi connectivity index (χ2n) is 7.12. The molecule has 0 spiro atoms. The largest absolute Gasteiger partial charge is 0.493 e. The third kappa shape index (κ3) is 5.71. The van der Waals surface area contributed by atoms with Crippen molar-refractivity contribution in [1.29, 1.82) is 0 Å². The standard InChI is InChI=1S/C22H24O5/c1-22(2,3)17-9-7-16(8-10-17)18(23)11-5-15-6-12-19(20(13-15)26-4)27-14-21(24)25/h5-13H,14H2,1-4H3,(H,24,25)/b11-5+. The molecule has 0 bridgehead atoms. The number of carboxylic acids is 1. The Morgan fingerprint density at radius 2 is 1.70 bits per heavy atom. The number of aliphatic carboxylic acids is 1. The zero-order valence-corrected chi connectivity index (χ0v) is 16.0. The number of allylic oxidation sites excluding steroid dienone is 1. The first-order chi connectivity index (χ1) is 12.7. The Bertz CT molecular complexity index is 842. The van der Waals surface area contributed by atoms with Gasteiger partial charge in [0.15, 0.2) is 23.9 Å². The number of rotatable bonds is 7. The van der Waals surface area contributed by atoms with Crippen LogP contribution in [0.5, 0.6) is 11.5 Å². The number of methoxy groups -OCH3 is 1. The van der Waals surface area contributed by atoms with Crippen LogP contribution >= 0.6 is 0 Å². The summed E-state index contributed by atoms with van der Waals surface area (Å²) in [5, 5.41) is 8.69. The SMILES string of the molecule is COc1cc(/C=C/C(=O)c2ccc(C(C)(C)C)cc2)ccc1OCC(=O)O. The van der Waals surface area contributed by atoms with Gasteiger partial charge >= 0.3 is 5.97 Å². The smallest absolute Gasteiger partial charge is 0.341 e. The van der Waals surface area contributed by atoms with Crippen molar-refractivity contribution >= 4 is 17.8 Å². The molecular formula is C22H24O5. The summed E-state index contributed by atoms with van der Waals surface area (Å²) < 4.78 is 10.4. The van der Waals surface area contributed by atoms with E-state index < -0.39 is 12.6 Å². The number of hydrogen-bond acceptors (Lipinski definition) is 4. The molecular weight excluding hydrogens is 344 g/mol. The number of ether oxygens (including phenoxy) is 2. The average molecular weight is 368 g/mol. The Kier molecular flexibility index (Phi) is 6.40. The molecule has 0 saturated carbocycles. The molecule has 0 heterocycles. The van der Waals surface area contributed by atoms with E-state index in [1.54, 1.807) is 24.3 Å². The summed E-state index contributed by atoms with van der Waals surface area (Å²) >= 11 is 0. The second kappa shape index (κ2) is 8.54. The van der Waals surface area contributed by atoms with Crippen LogP contribution in [0.2, 0.25) is 0 Å². The molecule has 0 amide bonds. The fraction of sp³-hybridized carbons (Fsp3) is 0.273. The van der Waals surface area contributed by atoms with E-state index in [1.807, 2.05) is 24.3 Å². The van der Waals surface area contributed by atoms with Gasteiger partial charge in [0, 0.05) is 5.56 Å². The Labute approximate surface area is 159 Å². The minimum absolute atomic E-state index is 0.0401. The molecule has 0 radical (unpaired) electrons. The number of carboxylic acid groups (broad SMARTS) is 1. The van der Waals surface area contributed by atoms with Gasteiger partial charge in [-0.2, -0.15) is 0 Å². The lowest BCUT2D eigenvalue weighted by Gasteiger charge is -2.18. The Hall–Kier alpha value is -3.08. The Morgan fingerprint density at radius 1 is 1.04 bits per heavy atom. The van der Waals surface area contributed by atoms with Crippen LogP contribution in [0, 0.1) is 0 Å². The highest BCUT2D eigenvalue weighted by Crippen LogP contribution is 2.28. The highest BCUT2D eigenvalue weighted by molar-refractivity contribution is 6.06. The number of hydrogen-bond donors (Lipinski definition) is 1. The van der Waals surface area contributed by atoms with Crippen molar-refractivity contribution in [1.82, 2.24) is 0 Å². The van der Waals surface area contributed by atoms with Crippen molar-refractivity contribution in [3.63, 3.8) is 0 Å². The van der Waals surface area contributed by atoms with Crippen LogP contribution in [0.15, 0.2) is 48.5 Å². The summed E-state index contributed by atoms with van der Waals surface area (Å²) in [5.41, 5.74) is 2.57. The van der Waals surface area contributed by atoms with E-state index in [0.29, 0.717) is 17.1 Å². The third-order valence-electron chi connectivity index (χ3n) is 4.00. The maximum atomic E-state index is 12.4. The van der Waals surface area contributed by atoms with Crippen molar-refractivity contribution < 1.29 is 24.2 Å². The van der Waals surface area contributed by atoms with E-state index in [1.165, 1.54) is 18.7 Å². The fourth-order valence-corrected chi connectivity index (χ4v) is 2.45. The lowest BCUT2D eigenvalue weighted by atomic mass is 9.86. The fourth-order valence-electron chi connectivity index (χ4n) is 2.45. The first-order valence-corrected chi connectivity index (χ1v) is 8.56. The van der Waals surface area contributed by atoms with Crippen molar-refractivity contribution in [3.05, 3.63) is 65.2 Å². The van der Waals surface area contributed by atoms with E-state index in [-0.39, 0.29) is 11.2 Å². The maximum Gasteiger partial charge on any atom is 0.341 e. The van der Waals surface area contributed by atoms with Gasteiger partial charge in [-0.1, -0.05) is 57.2 Å². The van der Waals surface area contributed by atoms with Crippen LogP contribution in [0.25, 0.3) is 6.08 Å². The Morgan fingerprint density at radius 3 is 2.26 bits per heavy atom. The molecule has 2 aromatic rings. The molecule has 5 heteroatoms. The number of carbonyl (C=O) groups excluding carboxylic acids is 1. The van der Waals surface area contributed by atoms with Gasteiger partial charge in [0.2, 0.25) is 0 Å². The molecule has 0 aliphatic heterocycles. The molecule has 0 fully saturated rings. The summed E-state index contributed by atoms with van der Waals surface area (Å²) in [6.07, 6.45) is 3.18. The monoisotopic (exact) mass is 368 g/mol. The quantitative estimate of drug-likeness (QED) is 0.581. The van der Waals surface area contributed by atoms with E-state index in [4.69, 9.17) is 14.6 Å². The molecule has 5 nitrogen and oxygen atoms in total. The lowest BCUT2D eigenvalue weighted by Crippen LogP contribution is -2.11. The van der Waals surface area contributed by atoms with Gasteiger partial charge in [0.1, 0.15) is 0 Å². The molecule has 0 aromatic heterocycles. The molecule has 0 unspecified atom stereocenters. The summed E-state index contributed by atoms with van der Waals surface area (Å²) in [6.45, 7) is 5.93. The number of ketones is 1. The van der Waals surface area contributed by atoms with Gasteiger partial charge in [-0.15, -0.1) is 0 Å². The average Bonchev–Trinajstić information content (AvgIpc) is 2.64. The molecule has 142 valence electrons. The molecule has 0 saturated heterocycles. The normalized spacial score (nSPS) is 11.4. The van der Waals surface area contributed by atoms with Crippen molar-refractivity contribution in [2.45, 2.75) is 26.2 Å². The second-order valence-corrected chi connectivity index (χ2v) is 7.12. The van der Waals surface area contributed by atoms with Gasteiger partial charge in [-0.05, 0) is 34.8 Å². The molecule has 1 N–H and O–H groups in total. The number of carbonyl (C=O) groups is 2. The van der Waals surface area contributed by atoms with E-state index in [9.17, 15) is 9.59 Å². The number of benzene rings is 2. The van der Waals surface area contributed by atoms with Crippen LogP contribution in [-0.4, -0.2) is 30.6 Å². The van der Waals surface area contributed by atoms with Crippen molar-refractivity contribution in [2.24, 2.45) is 0 Å². The predicted molar refractivity (Wildman–Crippen MR) is 105 cm³/mol. The van der Waals surface area contributed by atoms with E-state index in [0.717, 1.165) is 5.56 Å². The lowest BCUT2D eigenvalue weighted by molar-refractivity contribution is -0.139. The van der Waals surface area contributed by atoms with Gasteiger partial charge in [0.05, 0.1) is 7.11 Å². The minimum atomic E-state index is -1.07. The van der Waals surface area contributed by atoms with Crippen molar-refractivity contribution in [2.75, 3.05) is 13.7 Å². The molecule has 0 atom stereocenters. The summed E-state index contributed by atoms with van der Waals surface area (Å²) in [4.78, 5) is 23.0. The first kappa shape index (κ1) is 20.2. The van der Waals surface area contributed by atoms with Gasteiger partial charge < -0.3 is 14.6 Å².